The van der Waals surface area contributed by atoms with Crippen molar-refractivity contribution in [2.45, 2.75) is 16.3 Å². The van der Waals surface area contributed by atoms with Gasteiger partial charge in [-0.1, -0.05) is 36.0 Å². The van der Waals surface area contributed by atoms with Crippen LogP contribution in [0.25, 0.3) is 0 Å². The van der Waals surface area contributed by atoms with Crippen LogP contribution in [0.1, 0.15) is 16.1 Å². The molecule has 0 spiro atoms. The van der Waals surface area contributed by atoms with Gasteiger partial charge in [0.05, 0.1) is 5.56 Å². The molecule has 1 aromatic carbocycles. The summed E-state index contributed by atoms with van der Waals surface area (Å²) in [5.41, 5.74) is 1.55. The van der Waals surface area contributed by atoms with E-state index in [1.165, 1.54) is 11.8 Å². The van der Waals surface area contributed by atoms with Crippen LogP contribution in [0.5, 0.6) is 0 Å². The summed E-state index contributed by atoms with van der Waals surface area (Å²) in [6.45, 7) is 0.542. The van der Waals surface area contributed by atoms with E-state index < -0.39 is 0 Å². The molecule has 4 nitrogen and oxygen atoms in total. The molecule has 5 heteroatoms. The molecule has 0 fully saturated rings. The Morgan fingerprint density at radius 2 is 1.71 bits per heavy atom. The summed E-state index contributed by atoms with van der Waals surface area (Å²) in [5, 5.41) is 3.65. The number of amides is 1. The lowest BCUT2D eigenvalue weighted by molar-refractivity contribution is 0.0950. The van der Waals surface area contributed by atoms with Crippen LogP contribution in [0.15, 0.2) is 83.0 Å². The second kappa shape index (κ2) is 8.26. The molecule has 0 atom stereocenters. The Balaban J connectivity index is 1.64. The predicted octanol–water partition coefficient (Wildman–Crippen LogP) is 3.60. The van der Waals surface area contributed by atoms with E-state index in [0.29, 0.717) is 23.6 Å². The van der Waals surface area contributed by atoms with Gasteiger partial charge in [0.1, 0.15) is 5.03 Å². The number of benzene rings is 1. The summed E-state index contributed by atoms with van der Waals surface area (Å²) in [5.74, 6) is -0.113. The topological polar surface area (TPSA) is 54.9 Å². The zero-order valence-electron chi connectivity index (χ0n) is 13.1. The minimum atomic E-state index is -0.113. The van der Waals surface area contributed by atoms with E-state index in [0.717, 1.165) is 10.6 Å². The second-order valence-corrected chi connectivity index (χ2v) is 6.16. The molecule has 0 saturated heterocycles. The maximum atomic E-state index is 12.5. The van der Waals surface area contributed by atoms with Gasteiger partial charge in [0.15, 0.2) is 0 Å². The standard InChI is InChI=1S/C19H17N3OS/c23-18(21-14-11-15-7-4-5-12-20-15)17-10-6-13-22-19(17)24-16-8-2-1-3-9-16/h1-10,12-13H,11,14H2,(H,21,23). The fourth-order valence-electron chi connectivity index (χ4n) is 2.19. The highest BCUT2D eigenvalue weighted by Gasteiger charge is 2.13. The average molecular weight is 335 g/mol. The van der Waals surface area contributed by atoms with Gasteiger partial charge < -0.3 is 5.32 Å². The third-order valence-corrected chi connectivity index (χ3v) is 4.39. The molecular formula is C19H17N3OS. The molecule has 0 unspecified atom stereocenters. The molecule has 0 aliphatic rings. The van der Waals surface area contributed by atoms with Gasteiger partial charge in [-0.2, -0.15) is 0 Å². The Bertz CT molecular complexity index is 794. The third-order valence-electron chi connectivity index (χ3n) is 3.37. The SMILES string of the molecule is O=C(NCCc1ccccn1)c1cccnc1Sc1ccccc1. The largest absolute Gasteiger partial charge is 0.352 e. The highest BCUT2D eigenvalue weighted by Crippen LogP contribution is 2.28. The van der Waals surface area contributed by atoms with Gasteiger partial charge in [-0.05, 0) is 36.4 Å². The average Bonchev–Trinajstić information content (AvgIpc) is 2.64. The zero-order chi connectivity index (χ0) is 16.6. The number of carbonyl (C=O) groups is 1. The van der Waals surface area contributed by atoms with Crippen LogP contribution < -0.4 is 5.32 Å². The minimum absolute atomic E-state index is 0.113. The van der Waals surface area contributed by atoms with Crippen LogP contribution in [-0.4, -0.2) is 22.4 Å². The number of nitrogens with zero attached hydrogens (tertiary/aromatic N) is 2. The van der Waals surface area contributed by atoms with E-state index in [1.54, 1.807) is 24.5 Å². The van der Waals surface area contributed by atoms with Crippen molar-refractivity contribution in [2.24, 2.45) is 0 Å². The molecular weight excluding hydrogens is 318 g/mol. The molecule has 2 aromatic heterocycles. The minimum Gasteiger partial charge on any atom is -0.352 e. The Morgan fingerprint density at radius 3 is 2.50 bits per heavy atom. The first-order valence-electron chi connectivity index (χ1n) is 7.69. The number of pyridine rings is 2. The first kappa shape index (κ1) is 16.2. The predicted molar refractivity (Wildman–Crippen MR) is 95.1 cm³/mol. The van der Waals surface area contributed by atoms with Crippen LogP contribution in [-0.2, 0) is 6.42 Å². The van der Waals surface area contributed by atoms with E-state index in [9.17, 15) is 4.79 Å². The molecule has 0 radical (unpaired) electrons. The summed E-state index contributed by atoms with van der Waals surface area (Å²) in [6.07, 6.45) is 4.16. The summed E-state index contributed by atoms with van der Waals surface area (Å²) >= 11 is 1.49. The van der Waals surface area contributed by atoms with Crippen molar-refractivity contribution >= 4 is 17.7 Å². The first-order valence-corrected chi connectivity index (χ1v) is 8.50. The van der Waals surface area contributed by atoms with Crippen LogP contribution in [0, 0.1) is 0 Å². The number of hydrogen-bond donors (Lipinski definition) is 1. The van der Waals surface area contributed by atoms with Crippen LogP contribution in [0.2, 0.25) is 0 Å². The highest BCUT2D eigenvalue weighted by atomic mass is 32.2. The Morgan fingerprint density at radius 1 is 0.917 bits per heavy atom. The summed E-state index contributed by atoms with van der Waals surface area (Å²) < 4.78 is 0. The van der Waals surface area contributed by atoms with E-state index >= 15 is 0 Å². The van der Waals surface area contributed by atoms with E-state index in [2.05, 4.69) is 15.3 Å². The van der Waals surface area contributed by atoms with E-state index in [-0.39, 0.29) is 5.91 Å². The molecule has 120 valence electrons. The van der Waals surface area contributed by atoms with Crippen molar-refractivity contribution in [3.05, 3.63) is 84.3 Å². The van der Waals surface area contributed by atoms with Crippen LogP contribution in [0.4, 0.5) is 0 Å². The molecule has 24 heavy (non-hydrogen) atoms. The maximum absolute atomic E-state index is 12.5. The van der Waals surface area contributed by atoms with Crippen LogP contribution in [0.3, 0.4) is 0 Å². The number of hydrogen-bond acceptors (Lipinski definition) is 4. The van der Waals surface area contributed by atoms with E-state index in [1.807, 2.05) is 48.5 Å². The van der Waals surface area contributed by atoms with Crippen molar-refractivity contribution in [3.8, 4) is 0 Å². The van der Waals surface area contributed by atoms with Crippen molar-refractivity contribution in [3.63, 3.8) is 0 Å². The normalized spacial score (nSPS) is 10.3. The molecule has 0 bridgehead atoms. The molecule has 2 heterocycles. The Hall–Kier alpha value is -2.66. The molecule has 0 aliphatic heterocycles. The van der Waals surface area contributed by atoms with Gasteiger partial charge in [0.2, 0.25) is 0 Å². The molecule has 3 aromatic rings. The molecule has 0 saturated carbocycles. The lowest BCUT2D eigenvalue weighted by atomic mass is 10.2. The van der Waals surface area contributed by atoms with E-state index in [4.69, 9.17) is 0 Å². The van der Waals surface area contributed by atoms with Gasteiger partial charge in [0, 0.05) is 35.9 Å². The number of nitrogens with one attached hydrogen (secondary N) is 1. The molecule has 3 rings (SSSR count). The third kappa shape index (κ3) is 4.43. The molecule has 1 amide bonds. The van der Waals surface area contributed by atoms with Gasteiger partial charge in [-0.25, -0.2) is 4.98 Å². The smallest absolute Gasteiger partial charge is 0.254 e. The van der Waals surface area contributed by atoms with Crippen molar-refractivity contribution in [2.75, 3.05) is 6.54 Å². The summed E-state index contributed by atoms with van der Waals surface area (Å²) in [6, 6.07) is 19.3. The fourth-order valence-corrected chi connectivity index (χ4v) is 3.09. The number of aromatic nitrogens is 2. The monoisotopic (exact) mass is 335 g/mol. The highest BCUT2D eigenvalue weighted by molar-refractivity contribution is 7.99. The van der Waals surface area contributed by atoms with Crippen molar-refractivity contribution < 1.29 is 4.79 Å². The van der Waals surface area contributed by atoms with Gasteiger partial charge in [-0.3, -0.25) is 9.78 Å². The second-order valence-electron chi connectivity index (χ2n) is 5.10. The lowest BCUT2D eigenvalue weighted by Gasteiger charge is -2.09. The first-order chi connectivity index (χ1) is 11.8. The number of rotatable bonds is 6. The quantitative estimate of drug-likeness (QED) is 0.748. The maximum Gasteiger partial charge on any atom is 0.254 e. The van der Waals surface area contributed by atoms with Crippen molar-refractivity contribution in [1.29, 1.82) is 0 Å². The molecule has 0 aliphatic carbocycles. The number of carbonyl (C=O) groups excluding carboxylic acids is 1. The van der Waals surface area contributed by atoms with Gasteiger partial charge >= 0.3 is 0 Å². The summed E-state index contributed by atoms with van der Waals surface area (Å²) in [7, 11) is 0. The van der Waals surface area contributed by atoms with Crippen LogP contribution >= 0.6 is 11.8 Å². The van der Waals surface area contributed by atoms with Gasteiger partial charge in [-0.15, -0.1) is 0 Å². The summed E-state index contributed by atoms with van der Waals surface area (Å²) in [4.78, 5) is 22.1. The molecule has 1 N–H and O–H groups in total. The Kier molecular flexibility index (Phi) is 5.58. The Labute approximate surface area is 145 Å². The fraction of sp³-hybridized carbons (Fsp3) is 0.105. The van der Waals surface area contributed by atoms with Crippen molar-refractivity contribution in [1.82, 2.24) is 15.3 Å². The zero-order valence-corrected chi connectivity index (χ0v) is 13.9. The van der Waals surface area contributed by atoms with Gasteiger partial charge in [0.25, 0.3) is 5.91 Å². The lowest BCUT2D eigenvalue weighted by Crippen LogP contribution is -2.26.